The number of benzene rings is 1. The third-order valence-corrected chi connectivity index (χ3v) is 3.13. The Balaban J connectivity index is 2.95. The van der Waals surface area contributed by atoms with Gasteiger partial charge in [-0.2, -0.15) is 0 Å². The molecule has 1 unspecified atom stereocenters. The van der Waals surface area contributed by atoms with Crippen molar-refractivity contribution in [3.63, 3.8) is 0 Å². The third kappa shape index (κ3) is 4.03. The number of hydrogen-bond donors (Lipinski definition) is 1. The van der Waals surface area contributed by atoms with Crippen molar-refractivity contribution in [3.8, 4) is 11.5 Å². The van der Waals surface area contributed by atoms with Gasteiger partial charge in [-0.05, 0) is 24.0 Å². The fourth-order valence-electron chi connectivity index (χ4n) is 1.87. The molecule has 0 fully saturated rings. The van der Waals surface area contributed by atoms with Gasteiger partial charge in [0, 0.05) is 12.5 Å². The van der Waals surface area contributed by atoms with Crippen molar-refractivity contribution in [2.24, 2.45) is 11.7 Å². The zero-order valence-corrected chi connectivity index (χ0v) is 12.4. The summed E-state index contributed by atoms with van der Waals surface area (Å²) in [4.78, 5) is 0.530. The normalized spacial score (nSPS) is 12.0. The Bertz CT molecular complexity index is 437. The average Bonchev–Trinajstić information content (AvgIpc) is 2.29. The number of methoxy groups -OCH3 is 2. The quantitative estimate of drug-likeness (QED) is 0.816. The first-order valence-electron chi connectivity index (χ1n) is 5.66. The highest BCUT2D eigenvalue weighted by Gasteiger charge is 2.13. The van der Waals surface area contributed by atoms with Gasteiger partial charge >= 0.3 is 0 Å². The van der Waals surface area contributed by atoms with Crippen molar-refractivity contribution in [2.45, 2.75) is 19.8 Å². The van der Waals surface area contributed by atoms with Crippen LogP contribution in [-0.2, 0) is 6.42 Å². The van der Waals surface area contributed by atoms with Crippen LogP contribution in [0.2, 0.25) is 5.02 Å². The van der Waals surface area contributed by atoms with Crippen LogP contribution in [0.5, 0.6) is 11.5 Å². The second-order valence-corrected chi connectivity index (χ2v) is 5.21. The molecular weight excluding hydrogens is 270 g/mol. The molecule has 18 heavy (non-hydrogen) atoms. The molecule has 0 radical (unpaired) electrons. The predicted octanol–water partition coefficient (Wildman–Crippen LogP) is 3.21. The van der Waals surface area contributed by atoms with Crippen LogP contribution in [0.15, 0.2) is 12.1 Å². The van der Waals surface area contributed by atoms with Crippen LogP contribution < -0.4 is 15.2 Å². The molecule has 3 nitrogen and oxygen atoms in total. The SMILES string of the molecule is COc1cc(CC(C)CC(N)=S)c(OC)cc1Cl. The zero-order valence-electron chi connectivity index (χ0n) is 10.8. The first kappa shape index (κ1) is 15.1. The number of rotatable bonds is 6. The van der Waals surface area contributed by atoms with E-state index in [9.17, 15) is 0 Å². The van der Waals surface area contributed by atoms with Gasteiger partial charge in [0.25, 0.3) is 0 Å². The van der Waals surface area contributed by atoms with Gasteiger partial charge in [0.15, 0.2) is 0 Å². The van der Waals surface area contributed by atoms with Crippen molar-refractivity contribution in [3.05, 3.63) is 22.7 Å². The lowest BCUT2D eigenvalue weighted by Crippen LogP contribution is -2.14. The van der Waals surface area contributed by atoms with Gasteiger partial charge in [-0.25, -0.2) is 0 Å². The van der Waals surface area contributed by atoms with E-state index in [1.807, 2.05) is 6.07 Å². The van der Waals surface area contributed by atoms with Crippen LogP contribution in [0.3, 0.4) is 0 Å². The van der Waals surface area contributed by atoms with Crippen molar-refractivity contribution in [1.29, 1.82) is 0 Å². The maximum atomic E-state index is 6.06. The van der Waals surface area contributed by atoms with E-state index >= 15 is 0 Å². The topological polar surface area (TPSA) is 44.5 Å². The number of thiocarbonyl (C=S) groups is 1. The molecule has 0 heterocycles. The average molecular weight is 288 g/mol. The third-order valence-electron chi connectivity index (χ3n) is 2.67. The largest absolute Gasteiger partial charge is 0.496 e. The number of ether oxygens (including phenoxy) is 2. The molecule has 1 rings (SSSR count). The summed E-state index contributed by atoms with van der Waals surface area (Å²) < 4.78 is 10.5. The Hall–Kier alpha value is -1.00. The molecule has 0 aliphatic rings. The zero-order chi connectivity index (χ0) is 13.7. The number of halogens is 1. The van der Waals surface area contributed by atoms with Crippen molar-refractivity contribution in [1.82, 2.24) is 0 Å². The molecule has 0 saturated carbocycles. The minimum Gasteiger partial charge on any atom is -0.496 e. The van der Waals surface area contributed by atoms with Gasteiger partial charge in [-0.1, -0.05) is 30.7 Å². The van der Waals surface area contributed by atoms with Gasteiger partial charge in [0.05, 0.1) is 24.2 Å². The highest BCUT2D eigenvalue weighted by atomic mass is 35.5. The van der Waals surface area contributed by atoms with E-state index in [-0.39, 0.29) is 0 Å². The molecule has 0 bridgehead atoms. The number of hydrogen-bond acceptors (Lipinski definition) is 3. The van der Waals surface area contributed by atoms with Gasteiger partial charge in [-0.3, -0.25) is 0 Å². The Kier molecular flexibility index (Phi) is 5.69. The van der Waals surface area contributed by atoms with Gasteiger partial charge in [0.1, 0.15) is 11.5 Å². The fraction of sp³-hybridized carbons (Fsp3) is 0.462. The van der Waals surface area contributed by atoms with Gasteiger partial charge in [0.2, 0.25) is 0 Å². The first-order valence-corrected chi connectivity index (χ1v) is 6.45. The van der Waals surface area contributed by atoms with E-state index in [4.69, 9.17) is 39.0 Å². The van der Waals surface area contributed by atoms with Crippen LogP contribution in [0.4, 0.5) is 0 Å². The minimum absolute atomic E-state index is 0.349. The molecule has 0 aromatic heterocycles. The smallest absolute Gasteiger partial charge is 0.137 e. The molecule has 0 saturated heterocycles. The Morgan fingerprint density at radius 2 is 1.94 bits per heavy atom. The van der Waals surface area contributed by atoms with Crippen LogP contribution in [0, 0.1) is 5.92 Å². The molecule has 100 valence electrons. The summed E-state index contributed by atoms with van der Waals surface area (Å²) in [6.07, 6.45) is 1.53. The molecule has 1 aromatic rings. The first-order chi connectivity index (χ1) is 8.47. The molecule has 0 spiro atoms. The summed E-state index contributed by atoms with van der Waals surface area (Å²) >= 11 is 11.0. The Labute approximate surface area is 118 Å². The highest BCUT2D eigenvalue weighted by Crippen LogP contribution is 2.33. The minimum atomic E-state index is 0.349. The summed E-state index contributed by atoms with van der Waals surface area (Å²) in [7, 11) is 3.22. The van der Waals surface area contributed by atoms with Crippen LogP contribution in [0.1, 0.15) is 18.9 Å². The van der Waals surface area contributed by atoms with Gasteiger partial charge < -0.3 is 15.2 Å². The molecule has 0 aliphatic carbocycles. The highest BCUT2D eigenvalue weighted by molar-refractivity contribution is 7.80. The summed E-state index contributed by atoms with van der Waals surface area (Å²) in [5, 5.41) is 0.542. The maximum Gasteiger partial charge on any atom is 0.137 e. The molecule has 1 atom stereocenters. The molecule has 0 aliphatic heterocycles. The van der Waals surface area contributed by atoms with Gasteiger partial charge in [-0.15, -0.1) is 0 Å². The lowest BCUT2D eigenvalue weighted by molar-refractivity contribution is 0.396. The summed E-state index contributed by atoms with van der Waals surface area (Å²) in [6, 6.07) is 3.67. The van der Waals surface area contributed by atoms with Crippen molar-refractivity contribution in [2.75, 3.05) is 14.2 Å². The second-order valence-electron chi connectivity index (χ2n) is 4.28. The fourth-order valence-corrected chi connectivity index (χ4v) is 2.39. The van der Waals surface area contributed by atoms with Crippen LogP contribution >= 0.6 is 23.8 Å². The maximum absolute atomic E-state index is 6.06. The van der Waals surface area contributed by atoms with E-state index in [0.29, 0.717) is 28.1 Å². The van der Waals surface area contributed by atoms with Crippen LogP contribution in [0.25, 0.3) is 0 Å². The molecular formula is C13H18ClNO2S. The Morgan fingerprint density at radius 3 is 2.44 bits per heavy atom. The summed E-state index contributed by atoms with van der Waals surface area (Å²) in [5.41, 5.74) is 6.60. The second kappa shape index (κ2) is 6.81. The van der Waals surface area contributed by atoms with Crippen LogP contribution in [-0.4, -0.2) is 19.2 Å². The van der Waals surface area contributed by atoms with E-state index in [2.05, 4.69) is 6.92 Å². The molecule has 5 heteroatoms. The summed E-state index contributed by atoms with van der Waals surface area (Å²) in [5.74, 6) is 1.76. The molecule has 1 aromatic carbocycles. The van der Waals surface area contributed by atoms with E-state index in [1.165, 1.54) is 0 Å². The molecule has 0 amide bonds. The summed E-state index contributed by atoms with van der Waals surface area (Å²) in [6.45, 7) is 2.10. The monoisotopic (exact) mass is 287 g/mol. The lowest BCUT2D eigenvalue weighted by atomic mass is 9.97. The van der Waals surface area contributed by atoms with E-state index in [1.54, 1.807) is 20.3 Å². The van der Waals surface area contributed by atoms with Crippen molar-refractivity contribution >= 4 is 28.8 Å². The van der Waals surface area contributed by atoms with E-state index in [0.717, 1.165) is 17.7 Å². The van der Waals surface area contributed by atoms with E-state index < -0.39 is 0 Å². The standard InChI is InChI=1S/C13H18ClNO2S/c1-8(5-13(15)18)4-9-6-12(17-3)10(14)7-11(9)16-2/h6-8H,4-5H2,1-3H3,(H2,15,18). The lowest BCUT2D eigenvalue weighted by Gasteiger charge is -2.15. The predicted molar refractivity (Wildman–Crippen MR) is 78.8 cm³/mol. The van der Waals surface area contributed by atoms with Crippen molar-refractivity contribution < 1.29 is 9.47 Å². The molecule has 2 N–H and O–H groups in total. The number of nitrogens with two attached hydrogens (primary N) is 1. The Morgan fingerprint density at radius 1 is 1.33 bits per heavy atom.